The van der Waals surface area contributed by atoms with Crippen LogP contribution in [0.3, 0.4) is 0 Å². The standard InChI is InChI=1S/C19H20NO3.ClH/c1-22-18-10-12-8-9-20-15-4-3-5-17(21)13(15)6-7-16(20)14(12)11-19(18)23-2;/h6-7,10-11H,3-5,8-9H2,1-2H3;1H/q+1;/p-1. The topological polar surface area (TPSA) is 39.4 Å². The fourth-order valence-electron chi connectivity index (χ4n) is 3.80. The van der Waals surface area contributed by atoms with Gasteiger partial charge in [-0.3, -0.25) is 4.79 Å². The quantitative estimate of drug-likeness (QED) is 0.704. The van der Waals surface area contributed by atoms with Crippen molar-refractivity contribution in [2.45, 2.75) is 32.2 Å². The van der Waals surface area contributed by atoms with Crippen molar-refractivity contribution < 1.29 is 31.2 Å². The first-order chi connectivity index (χ1) is 11.2. The molecule has 0 atom stereocenters. The van der Waals surface area contributed by atoms with Crippen LogP contribution in [0.1, 0.15) is 34.5 Å². The van der Waals surface area contributed by atoms with E-state index in [1.165, 1.54) is 22.5 Å². The maximum atomic E-state index is 12.2. The molecule has 2 aliphatic rings. The third kappa shape index (κ3) is 2.46. The molecule has 0 amide bonds. The van der Waals surface area contributed by atoms with Gasteiger partial charge in [-0.05, 0) is 30.2 Å². The number of methoxy groups -OCH3 is 2. The van der Waals surface area contributed by atoms with E-state index in [-0.39, 0.29) is 18.2 Å². The van der Waals surface area contributed by atoms with Crippen LogP contribution < -0.4 is 26.4 Å². The Balaban J connectivity index is 0.00000169. The predicted molar refractivity (Wildman–Crippen MR) is 86.1 cm³/mol. The van der Waals surface area contributed by atoms with Gasteiger partial charge in [-0.25, -0.2) is 0 Å². The molecule has 0 saturated heterocycles. The molecule has 0 fully saturated rings. The smallest absolute Gasteiger partial charge is 0.213 e. The molecule has 0 saturated carbocycles. The van der Waals surface area contributed by atoms with E-state index in [9.17, 15) is 4.79 Å². The minimum atomic E-state index is 0. The molecule has 0 N–H and O–H groups in total. The summed E-state index contributed by atoms with van der Waals surface area (Å²) >= 11 is 0. The van der Waals surface area contributed by atoms with Crippen molar-refractivity contribution in [3.05, 3.63) is 41.1 Å². The highest BCUT2D eigenvalue weighted by Gasteiger charge is 2.32. The van der Waals surface area contributed by atoms with Crippen LogP contribution in [-0.2, 0) is 19.4 Å². The van der Waals surface area contributed by atoms with Gasteiger partial charge < -0.3 is 21.9 Å². The number of hydrogen-bond donors (Lipinski definition) is 0. The van der Waals surface area contributed by atoms with Crippen LogP contribution in [-0.4, -0.2) is 20.0 Å². The lowest BCUT2D eigenvalue weighted by molar-refractivity contribution is -0.695. The number of nitrogens with zero attached hydrogens (tertiary/aromatic N) is 1. The summed E-state index contributed by atoms with van der Waals surface area (Å²) in [5.74, 6) is 1.79. The lowest BCUT2D eigenvalue weighted by atomic mass is 9.90. The highest BCUT2D eigenvalue weighted by molar-refractivity contribution is 5.97. The maximum Gasteiger partial charge on any atom is 0.213 e. The van der Waals surface area contributed by atoms with E-state index in [2.05, 4.69) is 22.8 Å². The summed E-state index contributed by atoms with van der Waals surface area (Å²) in [6.07, 6.45) is 3.55. The van der Waals surface area contributed by atoms with Crippen LogP contribution in [0.5, 0.6) is 11.5 Å². The van der Waals surface area contributed by atoms with Crippen LogP contribution >= 0.6 is 0 Å². The van der Waals surface area contributed by atoms with E-state index in [1.54, 1.807) is 14.2 Å². The van der Waals surface area contributed by atoms with Gasteiger partial charge in [0.1, 0.15) is 0 Å². The Morgan fingerprint density at radius 3 is 2.46 bits per heavy atom. The van der Waals surface area contributed by atoms with Crippen molar-refractivity contribution in [1.82, 2.24) is 0 Å². The zero-order valence-electron chi connectivity index (χ0n) is 13.9. The van der Waals surface area contributed by atoms with Crippen LogP contribution in [0.25, 0.3) is 11.3 Å². The Hall–Kier alpha value is -2.07. The first kappa shape index (κ1) is 16.8. The lowest BCUT2D eigenvalue weighted by Gasteiger charge is -2.21. The molecular formula is C19H20ClNO3. The van der Waals surface area contributed by atoms with Gasteiger partial charge in [0, 0.05) is 25.3 Å². The summed E-state index contributed by atoms with van der Waals surface area (Å²) in [7, 11) is 3.32. The number of aromatic nitrogens is 1. The summed E-state index contributed by atoms with van der Waals surface area (Å²) in [5, 5.41) is 0. The molecule has 126 valence electrons. The lowest BCUT2D eigenvalue weighted by Crippen LogP contribution is -3.00. The SMILES string of the molecule is COc1cc2c(cc1OC)-c1ccc3c([n+]1CC2)CCCC3=O.[Cl-]. The van der Waals surface area contributed by atoms with E-state index < -0.39 is 0 Å². The second-order valence-corrected chi connectivity index (χ2v) is 6.12. The second kappa shape index (κ2) is 6.44. The van der Waals surface area contributed by atoms with Crippen molar-refractivity contribution >= 4 is 5.78 Å². The molecule has 1 aromatic heterocycles. The Bertz CT molecular complexity index is 817. The number of carbonyl (C=O) groups is 1. The minimum Gasteiger partial charge on any atom is -1.00 e. The molecule has 0 bridgehead atoms. The fourth-order valence-corrected chi connectivity index (χ4v) is 3.80. The van der Waals surface area contributed by atoms with E-state index in [4.69, 9.17) is 9.47 Å². The number of halogens is 1. The number of Topliss-reactive ketones (excluding diaryl/α,β-unsaturated/α-hetero) is 1. The van der Waals surface area contributed by atoms with Gasteiger partial charge >= 0.3 is 0 Å². The third-order valence-corrected chi connectivity index (χ3v) is 4.94. The van der Waals surface area contributed by atoms with Gasteiger partial charge in [0.25, 0.3) is 0 Å². The van der Waals surface area contributed by atoms with Crippen molar-refractivity contribution in [2.24, 2.45) is 0 Å². The molecule has 0 spiro atoms. The zero-order chi connectivity index (χ0) is 16.0. The average molecular weight is 346 g/mol. The van der Waals surface area contributed by atoms with E-state index in [0.29, 0.717) is 6.42 Å². The number of pyridine rings is 1. The van der Waals surface area contributed by atoms with Gasteiger partial charge in [0.15, 0.2) is 29.5 Å². The van der Waals surface area contributed by atoms with Crippen molar-refractivity contribution in [2.75, 3.05) is 14.2 Å². The molecule has 2 aromatic rings. The average Bonchev–Trinajstić information content (AvgIpc) is 2.60. The largest absolute Gasteiger partial charge is 1.00 e. The minimum absolute atomic E-state index is 0. The van der Waals surface area contributed by atoms with Gasteiger partial charge in [-0.15, -0.1) is 0 Å². The Morgan fingerprint density at radius 2 is 1.71 bits per heavy atom. The number of fused-ring (bicyclic) bond motifs is 5. The third-order valence-electron chi connectivity index (χ3n) is 4.94. The number of benzene rings is 1. The van der Waals surface area contributed by atoms with Gasteiger partial charge in [-0.1, -0.05) is 0 Å². The Kier molecular flexibility index (Phi) is 4.50. The number of rotatable bonds is 2. The Morgan fingerprint density at radius 1 is 0.958 bits per heavy atom. The summed E-state index contributed by atoms with van der Waals surface area (Å²) in [5.41, 5.74) is 5.71. The Labute approximate surface area is 147 Å². The molecule has 1 aliphatic heterocycles. The van der Waals surface area contributed by atoms with Crippen molar-refractivity contribution in [3.63, 3.8) is 0 Å². The molecule has 0 unspecified atom stereocenters. The fraction of sp³-hybridized carbons (Fsp3) is 0.368. The molecule has 5 heteroatoms. The number of hydrogen-bond acceptors (Lipinski definition) is 3. The first-order valence-corrected chi connectivity index (χ1v) is 8.07. The number of aryl methyl sites for hydroxylation is 1. The zero-order valence-corrected chi connectivity index (χ0v) is 14.7. The second-order valence-electron chi connectivity index (χ2n) is 6.12. The predicted octanol–water partition coefficient (Wildman–Crippen LogP) is -0.263. The molecule has 4 rings (SSSR count). The molecular weight excluding hydrogens is 326 g/mol. The normalized spacial score (nSPS) is 14.8. The van der Waals surface area contributed by atoms with Gasteiger partial charge in [0.2, 0.25) is 5.69 Å². The van der Waals surface area contributed by atoms with E-state index in [1.807, 2.05) is 6.07 Å². The molecule has 1 aliphatic carbocycles. The summed E-state index contributed by atoms with van der Waals surface area (Å²) in [6, 6.07) is 8.19. The van der Waals surface area contributed by atoms with Crippen molar-refractivity contribution in [3.8, 4) is 22.8 Å². The maximum absolute atomic E-state index is 12.2. The molecule has 4 nitrogen and oxygen atoms in total. The molecule has 2 heterocycles. The first-order valence-electron chi connectivity index (χ1n) is 8.07. The van der Waals surface area contributed by atoms with Crippen LogP contribution in [0.4, 0.5) is 0 Å². The molecule has 24 heavy (non-hydrogen) atoms. The van der Waals surface area contributed by atoms with Crippen molar-refractivity contribution in [1.29, 1.82) is 0 Å². The highest BCUT2D eigenvalue weighted by Crippen LogP contribution is 2.37. The summed E-state index contributed by atoms with van der Waals surface area (Å²) < 4.78 is 13.2. The van der Waals surface area contributed by atoms with E-state index >= 15 is 0 Å². The van der Waals surface area contributed by atoms with E-state index in [0.717, 1.165) is 42.9 Å². The molecule has 1 aromatic carbocycles. The summed E-state index contributed by atoms with van der Waals surface area (Å²) in [4.78, 5) is 12.2. The van der Waals surface area contributed by atoms with Gasteiger partial charge in [0.05, 0.1) is 25.3 Å². The van der Waals surface area contributed by atoms with Crippen LogP contribution in [0.2, 0.25) is 0 Å². The molecule has 0 radical (unpaired) electrons. The van der Waals surface area contributed by atoms with Crippen LogP contribution in [0, 0.1) is 0 Å². The van der Waals surface area contributed by atoms with Crippen LogP contribution in [0.15, 0.2) is 24.3 Å². The highest BCUT2D eigenvalue weighted by atomic mass is 35.5. The monoisotopic (exact) mass is 345 g/mol. The number of carbonyl (C=O) groups excluding carboxylic acids is 1. The number of ketones is 1. The number of ether oxygens (including phenoxy) is 2. The van der Waals surface area contributed by atoms with Gasteiger partial charge in [-0.2, -0.15) is 4.57 Å². The summed E-state index contributed by atoms with van der Waals surface area (Å²) in [6.45, 7) is 0.911.